The molecule has 1 nitrogen and oxygen atoms in total. The van der Waals surface area contributed by atoms with Gasteiger partial charge in [-0.3, -0.25) is 0 Å². The molecule has 0 aliphatic rings. The number of nitrogens with one attached hydrogen (secondary N) is 1. The normalized spacial score (nSPS) is 11.1. The van der Waals surface area contributed by atoms with Crippen LogP contribution in [-0.2, 0) is 0 Å². The Labute approximate surface area is 125 Å². The van der Waals surface area contributed by atoms with Crippen LogP contribution in [0.2, 0.25) is 0 Å². The first kappa shape index (κ1) is 12.4. The predicted octanol–water partition coefficient (Wildman–Crippen LogP) is 5.94. The van der Waals surface area contributed by atoms with E-state index in [4.69, 9.17) is 0 Å². The maximum atomic E-state index is 12.9. The third-order valence-electron chi connectivity index (χ3n) is 3.51. The van der Waals surface area contributed by atoms with Crippen LogP contribution >= 0.6 is 11.3 Å². The minimum absolute atomic E-state index is 0.222. The molecule has 0 amide bonds. The molecule has 0 saturated heterocycles. The number of hydrogen-bond acceptors (Lipinski definition) is 2. The zero-order valence-corrected chi connectivity index (χ0v) is 12.0. The Kier molecular flexibility index (Phi) is 2.86. The number of thiophene rings is 1. The molecule has 1 N–H and O–H groups in total. The van der Waals surface area contributed by atoms with Crippen molar-refractivity contribution in [2.75, 3.05) is 5.32 Å². The van der Waals surface area contributed by atoms with Crippen molar-refractivity contribution < 1.29 is 4.39 Å². The van der Waals surface area contributed by atoms with Crippen molar-refractivity contribution in [1.29, 1.82) is 0 Å². The van der Waals surface area contributed by atoms with E-state index in [0.717, 1.165) is 11.4 Å². The maximum Gasteiger partial charge on any atom is 0.123 e. The van der Waals surface area contributed by atoms with E-state index >= 15 is 0 Å². The van der Waals surface area contributed by atoms with Gasteiger partial charge in [0.1, 0.15) is 5.82 Å². The largest absolute Gasteiger partial charge is 0.355 e. The van der Waals surface area contributed by atoms with Gasteiger partial charge in [0, 0.05) is 31.5 Å². The molecule has 0 spiro atoms. The van der Waals surface area contributed by atoms with Crippen LogP contribution in [-0.4, -0.2) is 0 Å². The Morgan fingerprint density at radius 3 is 2.29 bits per heavy atom. The molecular formula is C18H12FNS. The topological polar surface area (TPSA) is 12.0 Å². The zero-order valence-electron chi connectivity index (χ0n) is 11.1. The van der Waals surface area contributed by atoms with Crippen LogP contribution in [0, 0.1) is 5.82 Å². The molecule has 3 aromatic carbocycles. The van der Waals surface area contributed by atoms with Crippen LogP contribution in [0.5, 0.6) is 0 Å². The first-order chi connectivity index (χ1) is 10.3. The quantitative estimate of drug-likeness (QED) is 0.482. The van der Waals surface area contributed by atoms with Crippen molar-refractivity contribution in [2.24, 2.45) is 0 Å². The molecule has 3 heteroatoms. The van der Waals surface area contributed by atoms with Crippen molar-refractivity contribution in [3.8, 4) is 0 Å². The second-order valence-corrected chi connectivity index (χ2v) is 6.02. The molecule has 0 unspecified atom stereocenters. The Hall–Kier alpha value is -2.39. The SMILES string of the molecule is Fc1ccc(Nc2ccc3c(c2)sc2ccccc23)cc1. The second-order valence-electron chi connectivity index (χ2n) is 4.94. The molecule has 1 heterocycles. The van der Waals surface area contributed by atoms with Gasteiger partial charge >= 0.3 is 0 Å². The van der Waals surface area contributed by atoms with Gasteiger partial charge in [0.05, 0.1) is 0 Å². The van der Waals surface area contributed by atoms with Gasteiger partial charge in [-0.2, -0.15) is 0 Å². The smallest absolute Gasteiger partial charge is 0.123 e. The molecule has 0 aliphatic carbocycles. The number of anilines is 2. The second kappa shape index (κ2) is 4.86. The highest BCUT2D eigenvalue weighted by Crippen LogP contribution is 2.35. The van der Waals surface area contributed by atoms with Crippen LogP contribution in [0.25, 0.3) is 20.2 Å². The standard InChI is InChI=1S/C18H12FNS/c19-12-5-7-13(8-6-12)20-14-9-10-16-15-3-1-2-4-17(15)21-18(16)11-14/h1-11,20H. The highest BCUT2D eigenvalue weighted by molar-refractivity contribution is 7.25. The molecule has 4 aromatic rings. The molecule has 102 valence electrons. The molecular weight excluding hydrogens is 281 g/mol. The Morgan fingerprint density at radius 1 is 0.714 bits per heavy atom. The number of halogens is 1. The Balaban J connectivity index is 1.76. The highest BCUT2D eigenvalue weighted by Gasteiger charge is 2.05. The first-order valence-electron chi connectivity index (χ1n) is 6.73. The minimum atomic E-state index is -0.222. The lowest BCUT2D eigenvalue weighted by Crippen LogP contribution is -1.89. The summed E-state index contributed by atoms with van der Waals surface area (Å²) in [4.78, 5) is 0. The average Bonchev–Trinajstić information content (AvgIpc) is 2.87. The summed E-state index contributed by atoms with van der Waals surface area (Å²) < 4.78 is 15.5. The summed E-state index contributed by atoms with van der Waals surface area (Å²) in [6.07, 6.45) is 0. The zero-order chi connectivity index (χ0) is 14.2. The summed E-state index contributed by atoms with van der Waals surface area (Å²) in [5.41, 5.74) is 1.90. The van der Waals surface area contributed by atoms with Gasteiger partial charge in [-0.1, -0.05) is 24.3 Å². The van der Waals surface area contributed by atoms with Gasteiger partial charge in [0.15, 0.2) is 0 Å². The molecule has 4 rings (SSSR count). The molecule has 0 bridgehead atoms. The van der Waals surface area contributed by atoms with Gasteiger partial charge in [0.2, 0.25) is 0 Å². The van der Waals surface area contributed by atoms with Gasteiger partial charge in [-0.15, -0.1) is 11.3 Å². The van der Waals surface area contributed by atoms with E-state index in [1.165, 1.54) is 32.3 Å². The van der Waals surface area contributed by atoms with Crippen LogP contribution < -0.4 is 5.32 Å². The number of fused-ring (bicyclic) bond motifs is 3. The van der Waals surface area contributed by atoms with Gasteiger partial charge in [-0.25, -0.2) is 4.39 Å². The minimum Gasteiger partial charge on any atom is -0.355 e. The third kappa shape index (κ3) is 2.26. The van der Waals surface area contributed by atoms with E-state index in [1.807, 2.05) is 0 Å². The Bertz CT molecular complexity index is 925. The van der Waals surface area contributed by atoms with Gasteiger partial charge < -0.3 is 5.32 Å². The van der Waals surface area contributed by atoms with E-state index < -0.39 is 0 Å². The number of benzene rings is 3. The summed E-state index contributed by atoms with van der Waals surface area (Å²) in [6.45, 7) is 0. The number of rotatable bonds is 2. The molecule has 1 aromatic heterocycles. The summed E-state index contributed by atoms with van der Waals surface area (Å²) >= 11 is 1.79. The van der Waals surface area contributed by atoms with E-state index in [-0.39, 0.29) is 5.82 Å². The van der Waals surface area contributed by atoms with Crippen LogP contribution in [0.4, 0.5) is 15.8 Å². The molecule has 0 saturated carbocycles. The van der Waals surface area contributed by atoms with Gasteiger partial charge in [-0.05, 0) is 42.5 Å². The van der Waals surface area contributed by atoms with E-state index in [2.05, 4.69) is 47.8 Å². The lowest BCUT2D eigenvalue weighted by atomic mass is 10.1. The lowest BCUT2D eigenvalue weighted by molar-refractivity contribution is 0.628. The predicted molar refractivity (Wildman–Crippen MR) is 89.0 cm³/mol. The fourth-order valence-electron chi connectivity index (χ4n) is 2.50. The fourth-order valence-corrected chi connectivity index (χ4v) is 3.65. The number of hydrogen-bond donors (Lipinski definition) is 1. The summed E-state index contributed by atoms with van der Waals surface area (Å²) in [5, 5.41) is 5.88. The lowest BCUT2D eigenvalue weighted by Gasteiger charge is -2.06. The molecule has 0 aliphatic heterocycles. The third-order valence-corrected chi connectivity index (χ3v) is 4.65. The maximum absolute atomic E-state index is 12.9. The van der Waals surface area contributed by atoms with E-state index in [1.54, 1.807) is 23.5 Å². The van der Waals surface area contributed by atoms with Crippen LogP contribution in [0.3, 0.4) is 0 Å². The monoisotopic (exact) mass is 293 g/mol. The van der Waals surface area contributed by atoms with Crippen LogP contribution in [0.1, 0.15) is 0 Å². The molecule has 0 radical (unpaired) electrons. The van der Waals surface area contributed by atoms with Crippen molar-refractivity contribution in [1.82, 2.24) is 0 Å². The van der Waals surface area contributed by atoms with Crippen molar-refractivity contribution in [3.63, 3.8) is 0 Å². The summed E-state index contributed by atoms with van der Waals surface area (Å²) in [5.74, 6) is -0.222. The van der Waals surface area contributed by atoms with E-state index in [0.29, 0.717) is 0 Å². The highest BCUT2D eigenvalue weighted by atomic mass is 32.1. The fraction of sp³-hybridized carbons (Fsp3) is 0. The average molecular weight is 293 g/mol. The molecule has 0 atom stereocenters. The van der Waals surface area contributed by atoms with Crippen molar-refractivity contribution in [3.05, 3.63) is 72.5 Å². The summed E-state index contributed by atoms with van der Waals surface area (Å²) in [6, 6.07) is 21.2. The van der Waals surface area contributed by atoms with Crippen molar-refractivity contribution >= 4 is 42.9 Å². The van der Waals surface area contributed by atoms with Crippen molar-refractivity contribution in [2.45, 2.75) is 0 Å². The van der Waals surface area contributed by atoms with Gasteiger partial charge in [0.25, 0.3) is 0 Å². The molecule has 21 heavy (non-hydrogen) atoms. The first-order valence-corrected chi connectivity index (χ1v) is 7.55. The summed E-state index contributed by atoms with van der Waals surface area (Å²) in [7, 11) is 0. The van der Waals surface area contributed by atoms with Crippen LogP contribution in [0.15, 0.2) is 66.7 Å². The Morgan fingerprint density at radius 2 is 1.43 bits per heavy atom. The molecule has 0 fully saturated rings. The van der Waals surface area contributed by atoms with E-state index in [9.17, 15) is 4.39 Å².